The predicted octanol–water partition coefficient (Wildman–Crippen LogP) is 6.65. The first-order valence-electron chi connectivity index (χ1n) is 38.7. The molecular formula is C74H117ClF6N12O13. The quantitative estimate of drug-likeness (QED) is 0.115. The summed E-state index contributed by atoms with van der Waals surface area (Å²) >= 11 is 6.40. The molecule has 7 rings (SSSR count). The molecule has 7 fully saturated rings. The molecule has 0 bridgehead atoms. The highest BCUT2D eigenvalue weighted by atomic mass is 35.5. The third-order valence-electron chi connectivity index (χ3n) is 23.7. The number of nitrogens with zero attached hydrogens (tertiary/aromatic N) is 9. The van der Waals surface area contributed by atoms with Gasteiger partial charge in [0.15, 0.2) is 0 Å². The fourth-order valence-corrected chi connectivity index (χ4v) is 17.4. The maximum absolute atomic E-state index is 15.6. The van der Waals surface area contributed by atoms with Gasteiger partial charge in [-0.25, -0.2) is 0 Å². The highest BCUT2D eigenvalue weighted by Gasteiger charge is 2.54. The fourth-order valence-electron chi connectivity index (χ4n) is 16.9. The number of alkyl halides is 7. The molecule has 3 N–H and O–H groups in total. The average Bonchev–Trinajstić information content (AvgIpc) is 1.09. The zero-order chi connectivity index (χ0) is 78.3. The number of nitrogens with one attached hydrogen (secondary N) is 3. The van der Waals surface area contributed by atoms with Crippen LogP contribution in [0.2, 0.25) is 0 Å². The molecule has 3 aliphatic heterocycles. The zero-order valence-electron chi connectivity index (χ0n) is 63.8. The van der Waals surface area contributed by atoms with Gasteiger partial charge in [0.05, 0.1) is 51.1 Å². The molecule has 0 aromatic heterocycles. The molecule has 7 aliphatic rings. The molecule has 0 aromatic rings. The minimum Gasteiger partial charge on any atom is -0.378 e. The van der Waals surface area contributed by atoms with Gasteiger partial charge in [-0.2, -0.15) is 26.3 Å². The molecule has 12 amide bonds. The summed E-state index contributed by atoms with van der Waals surface area (Å²) in [7, 11) is 6.92. The van der Waals surface area contributed by atoms with Gasteiger partial charge in [0, 0.05) is 73.3 Å². The summed E-state index contributed by atoms with van der Waals surface area (Å²) in [5, 5.41) is 7.36. The number of fused-ring (bicyclic) bond motifs is 1. The molecule has 600 valence electrons. The molecule has 32 heteroatoms. The summed E-state index contributed by atoms with van der Waals surface area (Å²) in [6.07, 6.45) is -5.38. The maximum Gasteiger partial charge on any atom is 0.393 e. The molecule has 25 nitrogen and oxygen atoms in total. The minimum atomic E-state index is -4.55. The molecule has 4 saturated carbocycles. The van der Waals surface area contributed by atoms with Gasteiger partial charge < -0.3 is 64.8 Å². The summed E-state index contributed by atoms with van der Waals surface area (Å²) in [5.74, 6) is -13.7. The van der Waals surface area contributed by atoms with E-state index < -0.39 is 198 Å². The second-order valence-electron chi connectivity index (χ2n) is 31.2. The van der Waals surface area contributed by atoms with Crippen molar-refractivity contribution in [2.24, 2.45) is 35.5 Å². The summed E-state index contributed by atoms with van der Waals surface area (Å²) in [5.41, 5.74) is -1.58. The lowest BCUT2D eigenvalue weighted by Crippen LogP contribution is -2.68. The summed E-state index contributed by atoms with van der Waals surface area (Å²) in [6, 6.07) is -9.22. The number of ether oxygens (including phenoxy) is 1. The van der Waals surface area contributed by atoms with E-state index in [-0.39, 0.29) is 142 Å². The van der Waals surface area contributed by atoms with Crippen LogP contribution < -0.4 is 16.0 Å². The van der Waals surface area contributed by atoms with Crippen LogP contribution in [0.15, 0.2) is 0 Å². The minimum absolute atomic E-state index is 0.00528. The Morgan fingerprint density at radius 2 is 1.24 bits per heavy atom. The number of morpholine rings is 1. The van der Waals surface area contributed by atoms with Crippen molar-refractivity contribution in [3.63, 3.8) is 0 Å². The van der Waals surface area contributed by atoms with Gasteiger partial charge in [-0.05, 0) is 152 Å². The molecule has 0 radical (unpaired) electrons. The van der Waals surface area contributed by atoms with Gasteiger partial charge >= 0.3 is 12.4 Å². The Labute approximate surface area is 625 Å². The first-order chi connectivity index (χ1) is 50.0. The molecule has 3 unspecified atom stereocenters. The molecule has 0 aromatic carbocycles. The van der Waals surface area contributed by atoms with Crippen molar-refractivity contribution in [3.8, 4) is 0 Å². The summed E-state index contributed by atoms with van der Waals surface area (Å²) in [6.45, 7) is 7.40. The van der Waals surface area contributed by atoms with E-state index >= 15 is 33.6 Å². The Kier molecular flexibility index (Phi) is 31.7. The first kappa shape index (κ1) is 86.7. The standard InChI is InChI=1S/C74H117ClF6N12O13/c1-11-19-54-64(98)83-62(46(5)14-4)69(103)86(7)44-60(96)91(33-12-2)45-61(97)92(34-13-3)57(41-48-23-27-50(28-24-48)73(76,77)78)67(101)85(6)43-58(94)82-53(30-26-47-25-29-51(52(75)40-47)74(79,80)81)66(100)93-35-17-22-55(93)65(99)84-72(31-18-32-72)71(105)89(10)63(49-20-15-16-21-49)70(104)88(9)56(42-59(95)87(54)8)68(102)90-36-38-106-39-37-90/h46-57,62-63H,11-45H2,1-10H3,(H,82,94)(H,83,98)(H,84,99)/t46-,47?,48?,50?,51?,52?,53-,54-,55-,56-,57-,62-,63-/m0/s1. The largest absolute Gasteiger partial charge is 0.393 e. The molecule has 3 heterocycles. The molecule has 106 heavy (non-hydrogen) atoms. The SMILES string of the molecule is CCC[C@H]1C(=O)N[C@@H]([C@@H](C)CC)C(=O)N(C)CC(=O)N(CCC)CC(=O)N(CCC)[C@@H](CC2CCC(C(F)(F)F)CC2)C(=O)N(C)CC(=O)N[C@@H](CCC2CCC(C(F)(F)F)C(Cl)C2)C(=O)N2CCC[C@H]2C(=O)NC2(CCC2)C(=O)N(C)[C@@H](C2CCCC2)C(=O)N(C)[C@H](C(=O)N2CCOCC2)CC(=O)N1C. The number of likely N-dealkylation sites (N-methyl/N-ethyl adjacent to an activating group) is 5. The smallest absolute Gasteiger partial charge is 0.378 e. The van der Waals surface area contributed by atoms with Crippen LogP contribution in [-0.4, -0.2) is 281 Å². The van der Waals surface area contributed by atoms with Crippen molar-refractivity contribution in [2.45, 2.75) is 261 Å². The Morgan fingerprint density at radius 1 is 0.604 bits per heavy atom. The molecule has 3 saturated heterocycles. The van der Waals surface area contributed by atoms with Crippen molar-refractivity contribution >= 4 is 82.5 Å². The van der Waals surface area contributed by atoms with E-state index in [2.05, 4.69) is 16.0 Å². The van der Waals surface area contributed by atoms with E-state index in [1.807, 2.05) is 0 Å². The van der Waals surface area contributed by atoms with Gasteiger partial charge in [-0.15, -0.1) is 11.6 Å². The lowest BCUT2D eigenvalue weighted by atomic mass is 9.74. The van der Waals surface area contributed by atoms with E-state index in [1.165, 1.54) is 69.5 Å². The number of halogens is 7. The van der Waals surface area contributed by atoms with Gasteiger partial charge in [-0.1, -0.05) is 60.3 Å². The normalized spacial score (nSPS) is 30.2. The van der Waals surface area contributed by atoms with E-state index in [4.69, 9.17) is 16.3 Å². The topological polar surface area (TPSA) is 279 Å². The number of rotatable bonds is 15. The predicted molar refractivity (Wildman–Crippen MR) is 381 cm³/mol. The van der Waals surface area contributed by atoms with Crippen LogP contribution in [0.3, 0.4) is 0 Å². The average molecular weight is 1530 g/mol. The van der Waals surface area contributed by atoms with E-state index in [9.17, 15) is 50.3 Å². The van der Waals surface area contributed by atoms with E-state index in [0.29, 0.717) is 57.8 Å². The monoisotopic (exact) mass is 1530 g/mol. The highest BCUT2D eigenvalue weighted by molar-refractivity contribution is 6.21. The van der Waals surface area contributed by atoms with Gasteiger partial charge in [0.2, 0.25) is 70.9 Å². The first-order valence-corrected chi connectivity index (χ1v) is 39.2. The Balaban J connectivity index is 1.29. The second-order valence-corrected chi connectivity index (χ2v) is 31.7. The number of hydrogen-bond donors (Lipinski definition) is 3. The Bertz CT molecular complexity index is 3080. The fraction of sp³-hybridized carbons (Fsp3) is 0.838. The van der Waals surface area contributed by atoms with Crippen molar-refractivity contribution in [1.82, 2.24) is 60.0 Å². The third-order valence-corrected chi connectivity index (χ3v) is 24.2. The van der Waals surface area contributed by atoms with Crippen LogP contribution in [0.5, 0.6) is 0 Å². The van der Waals surface area contributed by atoms with Crippen molar-refractivity contribution in [2.75, 3.05) is 101 Å². The molecule has 11 atom stereocenters. The van der Waals surface area contributed by atoms with Crippen molar-refractivity contribution < 1.29 is 88.6 Å². The van der Waals surface area contributed by atoms with Crippen LogP contribution in [0.4, 0.5) is 26.3 Å². The van der Waals surface area contributed by atoms with Gasteiger partial charge in [-0.3, -0.25) is 57.5 Å². The number of carbonyl (C=O) groups is 12. The Morgan fingerprint density at radius 3 is 1.81 bits per heavy atom. The number of carbonyl (C=O) groups excluding carboxylic acids is 12. The maximum atomic E-state index is 15.6. The van der Waals surface area contributed by atoms with E-state index in [0.717, 1.165) is 9.80 Å². The summed E-state index contributed by atoms with van der Waals surface area (Å²) < 4.78 is 90.0. The lowest BCUT2D eigenvalue weighted by molar-refractivity contribution is -0.184. The molecule has 1 spiro atoms. The molecule has 4 aliphatic carbocycles. The van der Waals surface area contributed by atoms with Crippen LogP contribution in [0.25, 0.3) is 0 Å². The molecular weight excluding hydrogens is 1410 g/mol. The lowest BCUT2D eigenvalue weighted by Gasteiger charge is -2.47. The van der Waals surface area contributed by atoms with Crippen LogP contribution in [0, 0.1) is 35.5 Å². The van der Waals surface area contributed by atoms with Crippen molar-refractivity contribution in [3.05, 3.63) is 0 Å². The zero-order valence-corrected chi connectivity index (χ0v) is 64.6. The number of hydrogen-bond acceptors (Lipinski definition) is 13. The highest BCUT2D eigenvalue weighted by Crippen LogP contribution is 2.45. The van der Waals surface area contributed by atoms with Crippen molar-refractivity contribution in [1.29, 1.82) is 0 Å². The number of amides is 12. The Hall–Kier alpha value is -6.53. The van der Waals surface area contributed by atoms with Gasteiger partial charge in [0.25, 0.3) is 0 Å². The van der Waals surface area contributed by atoms with Crippen LogP contribution in [-0.2, 0) is 62.3 Å². The second kappa shape index (κ2) is 38.7. The van der Waals surface area contributed by atoms with Gasteiger partial charge in [0.1, 0.15) is 47.8 Å². The third kappa shape index (κ3) is 21.7. The van der Waals surface area contributed by atoms with Crippen LogP contribution in [0.1, 0.15) is 195 Å². The van der Waals surface area contributed by atoms with Crippen LogP contribution >= 0.6 is 11.6 Å². The summed E-state index contributed by atoms with van der Waals surface area (Å²) in [4.78, 5) is 192. The van der Waals surface area contributed by atoms with E-state index in [1.54, 1.807) is 34.6 Å².